The number of hydrogen-bond acceptors (Lipinski definition) is 1. The number of unbranched alkanes of at least 4 members (excludes halogenated alkanes) is 9. The van der Waals surface area contributed by atoms with Gasteiger partial charge in [-0.2, -0.15) is 0 Å². The van der Waals surface area contributed by atoms with Crippen LogP contribution in [0, 0.1) is 11.3 Å². The van der Waals surface area contributed by atoms with Crippen molar-refractivity contribution in [2.45, 2.75) is 104 Å². The lowest BCUT2D eigenvalue weighted by Gasteiger charge is -2.13. The lowest BCUT2D eigenvalue weighted by atomic mass is 9.98. The summed E-state index contributed by atoms with van der Waals surface area (Å²) in [7, 11) is 0. The van der Waals surface area contributed by atoms with Gasteiger partial charge in [0.2, 0.25) is 0 Å². The molecule has 1 heteroatoms. The summed E-state index contributed by atoms with van der Waals surface area (Å²) in [6.07, 6.45) is 16.8. The largest absolute Gasteiger partial charge is 0.327 e. The zero-order chi connectivity index (χ0) is 14.1. The van der Waals surface area contributed by atoms with Crippen LogP contribution in [0.5, 0.6) is 0 Å². The highest BCUT2D eigenvalue weighted by atomic mass is 14.7. The number of nitrogens with two attached hydrogens (primary N) is 1. The second-order valence-corrected chi connectivity index (χ2v) is 7.43. The van der Waals surface area contributed by atoms with Crippen molar-refractivity contribution < 1.29 is 0 Å². The smallest absolute Gasteiger partial charge is 0.00724 e. The lowest BCUT2D eigenvalue weighted by Crippen LogP contribution is -2.24. The minimum absolute atomic E-state index is 0.476. The number of rotatable bonds is 12. The first kappa shape index (κ1) is 17.0. The summed E-state index contributed by atoms with van der Waals surface area (Å²) >= 11 is 0. The van der Waals surface area contributed by atoms with E-state index in [0.717, 1.165) is 5.92 Å². The minimum Gasteiger partial charge on any atom is -0.327 e. The second kappa shape index (κ2) is 9.00. The van der Waals surface area contributed by atoms with Gasteiger partial charge in [-0.05, 0) is 24.2 Å². The van der Waals surface area contributed by atoms with E-state index >= 15 is 0 Å². The molecule has 1 aliphatic carbocycles. The topological polar surface area (TPSA) is 26.0 Å². The van der Waals surface area contributed by atoms with Gasteiger partial charge in [-0.25, -0.2) is 0 Å². The standard InChI is InChI=1S/C18H37N/c1-4-5-6-7-8-9-10-11-12-13-14-17(19)16-15-18(16,2)3/h16-17H,4-15,19H2,1-3H3. The second-order valence-electron chi connectivity index (χ2n) is 7.43. The molecule has 1 fully saturated rings. The van der Waals surface area contributed by atoms with Crippen molar-refractivity contribution >= 4 is 0 Å². The SMILES string of the molecule is CCCCCCCCCCCCC(N)C1CC1(C)C. The van der Waals surface area contributed by atoms with Crippen LogP contribution in [0.3, 0.4) is 0 Å². The Kier molecular flexibility index (Phi) is 8.06. The highest BCUT2D eigenvalue weighted by Crippen LogP contribution is 2.53. The van der Waals surface area contributed by atoms with Crippen LogP contribution in [-0.2, 0) is 0 Å². The molecule has 1 aliphatic rings. The van der Waals surface area contributed by atoms with Gasteiger partial charge in [-0.1, -0.05) is 85.0 Å². The molecule has 2 atom stereocenters. The Morgan fingerprint density at radius 2 is 1.32 bits per heavy atom. The summed E-state index contributed by atoms with van der Waals surface area (Å²) in [5, 5.41) is 0. The molecule has 0 bridgehead atoms. The maximum Gasteiger partial charge on any atom is 0.00724 e. The van der Waals surface area contributed by atoms with E-state index < -0.39 is 0 Å². The maximum absolute atomic E-state index is 6.26. The van der Waals surface area contributed by atoms with Crippen LogP contribution in [-0.4, -0.2) is 6.04 Å². The predicted octanol–water partition coefficient (Wildman–Crippen LogP) is 5.67. The van der Waals surface area contributed by atoms with E-state index in [-0.39, 0.29) is 0 Å². The third-order valence-electron chi connectivity index (χ3n) is 5.00. The summed E-state index contributed by atoms with van der Waals surface area (Å²) in [6, 6.07) is 0.476. The molecular weight excluding hydrogens is 230 g/mol. The summed E-state index contributed by atoms with van der Waals surface area (Å²) in [5.74, 6) is 0.811. The normalized spacial score (nSPS) is 22.4. The molecule has 19 heavy (non-hydrogen) atoms. The van der Waals surface area contributed by atoms with Gasteiger partial charge in [-0.15, -0.1) is 0 Å². The quantitative estimate of drug-likeness (QED) is 0.453. The van der Waals surface area contributed by atoms with Gasteiger partial charge in [0.15, 0.2) is 0 Å². The molecule has 0 saturated heterocycles. The fourth-order valence-electron chi connectivity index (χ4n) is 3.31. The van der Waals surface area contributed by atoms with E-state index in [1.54, 1.807) is 0 Å². The molecule has 0 aromatic heterocycles. The van der Waals surface area contributed by atoms with Gasteiger partial charge >= 0.3 is 0 Å². The first-order valence-corrected chi connectivity index (χ1v) is 8.83. The molecule has 0 radical (unpaired) electrons. The van der Waals surface area contributed by atoms with Crippen molar-refractivity contribution in [3.05, 3.63) is 0 Å². The predicted molar refractivity (Wildman–Crippen MR) is 86.3 cm³/mol. The van der Waals surface area contributed by atoms with Crippen LogP contribution in [0.25, 0.3) is 0 Å². The number of hydrogen-bond donors (Lipinski definition) is 1. The third kappa shape index (κ3) is 7.34. The summed E-state index contributed by atoms with van der Waals surface area (Å²) in [5.41, 5.74) is 6.82. The summed E-state index contributed by atoms with van der Waals surface area (Å²) in [4.78, 5) is 0. The fourth-order valence-corrected chi connectivity index (χ4v) is 3.31. The minimum atomic E-state index is 0.476. The summed E-state index contributed by atoms with van der Waals surface area (Å²) in [6.45, 7) is 7.00. The van der Waals surface area contributed by atoms with Crippen molar-refractivity contribution in [3.8, 4) is 0 Å². The van der Waals surface area contributed by atoms with Crippen LogP contribution in [0.2, 0.25) is 0 Å². The van der Waals surface area contributed by atoms with Crippen LogP contribution in [0.4, 0.5) is 0 Å². The Bertz CT molecular complexity index is 222. The van der Waals surface area contributed by atoms with E-state index in [9.17, 15) is 0 Å². The maximum atomic E-state index is 6.26. The fraction of sp³-hybridized carbons (Fsp3) is 1.00. The molecule has 1 rings (SSSR count). The molecule has 0 heterocycles. The molecule has 1 nitrogen and oxygen atoms in total. The van der Waals surface area contributed by atoms with Crippen molar-refractivity contribution in [2.24, 2.45) is 17.1 Å². The van der Waals surface area contributed by atoms with Gasteiger partial charge in [0.1, 0.15) is 0 Å². The molecule has 0 aliphatic heterocycles. The Balaban J connectivity index is 1.79. The molecular formula is C18H37N. The zero-order valence-electron chi connectivity index (χ0n) is 13.7. The first-order valence-electron chi connectivity index (χ1n) is 8.83. The van der Waals surface area contributed by atoms with Crippen LogP contribution in [0.1, 0.15) is 97.8 Å². The van der Waals surface area contributed by atoms with Crippen LogP contribution < -0.4 is 5.73 Å². The van der Waals surface area contributed by atoms with Crippen molar-refractivity contribution in [3.63, 3.8) is 0 Å². The molecule has 0 aromatic rings. The lowest BCUT2D eigenvalue weighted by molar-refractivity contribution is 0.437. The Labute approximate surface area is 121 Å². The van der Waals surface area contributed by atoms with Crippen molar-refractivity contribution in [1.29, 1.82) is 0 Å². The molecule has 0 amide bonds. The van der Waals surface area contributed by atoms with E-state index in [1.165, 1.54) is 77.0 Å². The van der Waals surface area contributed by atoms with Crippen LogP contribution >= 0.6 is 0 Å². The Morgan fingerprint density at radius 3 is 1.74 bits per heavy atom. The van der Waals surface area contributed by atoms with E-state index in [1.807, 2.05) is 0 Å². The average molecular weight is 268 g/mol. The highest BCUT2D eigenvalue weighted by Gasteiger charge is 2.48. The van der Waals surface area contributed by atoms with E-state index in [2.05, 4.69) is 20.8 Å². The van der Waals surface area contributed by atoms with Crippen LogP contribution in [0.15, 0.2) is 0 Å². The monoisotopic (exact) mass is 267 g/mol. The van der Waals surface area contributed by atoms with E-state index in [0.29, 0.717) is 11.5 Å². The van der Waals surface area contributed by atoms with Gasteiger partial charge in [0.05, 0.1) is 0 Å². The van der Waals surface area contributed by atoms with Gasteiger partial charge in [-0.3, -0.25) is 0 Å². The molecule has 0 spiro atoms. The molecule has 2 N–H and O–H groups in total. The van der Waals surface area contributed by atoms with Crippen molar-refractivity contribution in [2.75, 3.05) is 0 Å². The first-order chi connectivity index (χ1) is 9.08. The Hall–Kier alpha value is -0.0400. The Morgan fingerprint density at radius 1 is 0.895 bits per heavy atom. The van der Waals surface area contributed by atoms with Gasteiger partial charge < -0.3 is 5.73 Å². The zero-order valence-corrected chi connectivity index (χ0v) is 13.7. The molecule has 0 aromatic carbocycles. The third-order valence-corrected chi connectivity index (χ3v) is 5.00. The molecule has 114 valence electrons. The highest BCUT2D eigenvalue weighted by molar-refractivity contribution is 5.00. The molecule has 2 unspecified atom stereocenters. The van der Waals surface area contributed by atoms with Crippen molar-refractivity contribution in [1.82, 2.24) is 0 Å². The summed E-state index contributed by atoms with van der Waals surface area (Å²) < 4.78 is 0. The van der Waals surface area contributed by atoms with E-state index in [4.69, 9.17) is 5.73 Å². The average Bonchev–Trinajstić information content (AvgIpc) is 3.01. The molecule has 1 saturated carbocycles. The van der Waals surface area contributed by atoms with Gasteiger partial charge in [0.25, 0.3) is 0 Å². The van der Waals surface area contributed by atoms with Gasteiger partial charge in [0, 0.05) is 6.04 Å².